The Labute approximate surface area is 120 Å². The minimum atomic E-state index is -0.642. The fraction of sp³-hybridized carbons (Fsp3) is 0.538. The van der Waals surface area contributed by atoms with Crippen molar-refractivity contribution >= 4 is 21.6 Å². The van der Waals surface area contributed by atoms with Gasteiger partial charge < -0.3 is 4.74 Å². The number of nitrogens with zero attached hydrogens (tertiary/aromatic N) is 1. The molecule has 1 aromatic carbocycles. The first-order valence-electron chi connectivity index (χ1n) is 6.10. The van der Waals surface area contributed by atoms with Gasteiger partial charge in [0.25, 0.3) is 0 Å². The van der Waals surface area contributed by atoms with E-state index in [9.17, 15) is 14.5 Å². The Hall–Kier alpha value is -1.17. The number of halogens is 2. The van der Waals surface area contributed by atoms with Crippen molar-refractivity contribution in [3.8, 4) is 5.75 Å². The summed E-state index contributed by atoms with van der Waals surface area (Å²) in [4.78, 5) is 10.2. The summed E-state index contributed by atoms with van der Waals surface area (Å²) in [7, 11) is 0. The summed E-state index contributed by atoms with van der Waals surface area (Å²) in [6, 6.07) is 3.34. The van der Waals surface area contributed by atoms with Gasteiger partial charge in [0, 0.05) is 10.7 Å². The molecule has 0 N–H and O–H groups in total. The molecule has 1 aromatic rings. The topological polar surface area (TPSA) is 52.4 Å². The maximum absolute atomic E-state index is 13.0. The lowest BCUT2D eigenvalue weighted by atomic mass is 9.86. The fourth-order valence-corrected chi connectivity index (χ4v) is 2.62. The van der Waals surface area contributed by atoms with Crippen LogP contribution in [0.4, 0.5) is 10.1 Å². The highest BCUT2D eigenvalue weighted by molar-refractivity contribution is 9.09. The van der Waals surface area contributed by atoms with Gasteiger partial charge in [-0.3, -0.25) is 10.1 Å². The Balaban J connectivity index is 2.91. The van der Waals surface area contributed by atoms with Gasteiger partial charge in [-0.05, 0) is 25.0 Å². The van der Waals surface area contributed by atoms with Gasteiger partial charge in [0.15, 0.2) is 5.75 Å². The standard InChI is InChI=1S/C13H17BrFNO3/c1-3-13(4-2,8-14)9-19-12-6-5-10(15)7-11(12)16(17)18/h5-7H,3-4,8-9H2,1-2H3. The molecule has 0 atom stereocenters. The van der Waals surface area contributed by atoms with Crippen LogP contribution in [0.5, 0.6) is 5.75 Å². The molecule has 1 rings (SSSR count). The van der Waals surface area contributed by atoms with Crippen LogP contribution in [-0.4, -0.2) is 16.9 Å². The summed E-state index contributed by atoms with van der Waals surface area (Å²) in [6.07, 6.45) is 1.79. The summed E-state index contributed by atoms with van der Waals surface area (Å²) >= 11 is 3.45. The third-order valence-corrected chi connectivity index (χ3v) is 4.62. The highest BCUT2D eigenvalue weighted by atomic mass is 79.9. The van der Waals surface area contributed by atoms with Crippen LogP contribution in [0.1, 0.15) is 26.7 Å². The summed E-state index contributed by atoms with van der Waals surface area (Å²) in [6.45, 7) is 4.46. The molecular weight excluding hydrogens is 317 g/mol. The Kier molecular flexibility index (Phi) is 5.72. The van der Waals surface area contributed by atoms with E-state index in [1.807, 2.05) is 13.8 Å². The molecule has 0 aromatic heterocycles. The maximum atomic E-state index is 13.0. The van der Waals surface area contributed by atoms with Gasteiger partial charge in [-0.15, -0.1) is 0 Å². The van der Waals surface area contributed by atoms with Crippen LogP contribution in [0.15, 0.2) is 18.2 Å². The average molecular weight is 334 g/mol. The SMILES string of the molecule is CCC(CC)(CBr)COc1ccc(F)cc1[N+](=O)[O-]. The lowest BCUT2D eigenvalue weighted by molar-refractivity contribution is -0.386. The molecule has 0 aliphatic carbocycles. The van der Waals surface area contributed by atoms with Gasteiger partial charge in [-0.1, -0.05) is 29.8 Å². The Morgan fingerprint density at radius 1 is 1.42 bits per heavy atom. The smallest absolute Gasteiger partial charge is 0.313 e. The van der Waals surface area contributed by atoms with E-state index >= 15 is 0 Å². The van der Waals surface area contributed by atoms with Gasteiger partial charge in [-0.25, -0.2) is 4.39 Å². The molecule has 0 amide bonds. The van der Waals surface area contributed by atoms with E-state index in [1.54, 1.807) is 0 Å². The van der Waals surface area contributed by atoms with E-state index in [0.717, 1.165) is 30.3 Å². The third kappa shape index (κ3) is 3.89. The van der Waals surface area contributed by atoms with Crippen LogP contribution in [-0.2, 0) is 0 Å². The second kappa shape index (κ2) is 6.84. The van der Waals surface area contributed by atoms with Gasteiger partial charge in [0.1, 0.15) is 5.82 Å². The van der Waals surface area contributed by atoms with E-state index in [4.69, 9.17) is 4.74 Å². The predicted octanol–water partition coefficient (Wildman–Crippen LogP) is 4.31. The minimum absolute atomic E-state index is 0.0672. The van der Waals surface area contributed by atoms with Crippen molar-refractivity contribution in [1.82, 2.24) is 0 Å². The third-order valence-electron chi connectivity index (χ3n) is 3.44. The Morgan fingerprint density at radius 2 is 2.05 bits per heavy atom. The maximum Gasteiger partial charge on any atom is 0.313 e. The van der Waals surface area contributed by atoms with E-state index in [2.05, 4.69) is 15.9 Å². The van der Waals surface area contributed by atoms with Crippen LogP contribution < -0.4 is 4.74 Å². The lowest BCUT2D eigenvalue weighted by Crippen LogP contribution is -2.29. The van der Waals surface area contributed by atoms with Crippen LogP contribution in [0.25, 0.3) is 0 Å². The van der Waals surface area contributed by atoms with Gasteiger partial charge >= 0.3 is 5.69 Å². The Bertz CT molecular complexity index is 441. The van der Waals surface area contributed by atoms with Crippen LogP contribution in [0, 0.1) is 21.3 Å². The van der Waals surface area contributed by atoms with E-state index in [-0.39, 0.29) is 16.9 Å². The molecule has 0 fully saturated rings. The van der Waals surface area contributed by atoms with Crippen molar-refractivity contribution in [2.45, 2.75) is 26.7 Å². The monoisotopic (exact) mass is 333 g/mol. The fourth-order valence-electron chi connectivity index (χ4n) is 1.67. The van der Waals surface area contributed by atoms with E-state index in [1.165, 1.54) is 6.07 Å². The van der Waals surface area contributed by atoms with Gasteiger partial charge in [0.05, 0.1) is 17.6 Å². The molecule has 0 heterocycles. The zero-order valence-electron chi connectivity index (χ0n) is 11.0. The number of hydrogen-bond donors (Lipinski definition) is 0. The largest absolute Gasteiger partial charge is 0.486 e. The van der Waals surface area contributed by atoms with Crippen molar-refractivity contribution in [2.24, 2.45) is 5.41 Å². The summed E-state index contributed by atoms with van der Waals surface area (Å²) < 4.78 is 18.6. The zero-order chi connectivity index (χ0) is 14.5. The number of nitro benzene ring substituents is 1. The van der Waals surface area contributed by atoms with Crippen LogP contribution in [0.3, 0.4) is 0 Å². The number of ether oxygens (including phenoxy) is 1. The molecular formula is C13H17BrFNO3. The van der Waals surface area contributed by atoms with Crippen molar-refractivity contribution < 1.29 is 14.1 Å². The van der Waals surface area contributed by atoms with Gasteiger partial charge in [0.2, 0.25) is 0 Å². The zero-order valence-corrected chi connectivity index (χ0v) is 12.6. The first-order chi connectivity index (χ1) is 8.98. The highest BCUT2D eigenvalue weighted by Gasteiger charge is 2.27. The van der Waals surface area contributed by atoms with Crippen molar-refractivity contribution in [2.75, 3.05) is 11.9 Å². The first-order valence-corrected chi connectivity index (χ1v) is 7.23. The number of alkyl halides is 1. The molecule has 0 aliphatic heterocycles. The van der Waals surface area contributed by atoms with E-state index in [0.29, 0.717) is 6.61 Å². The van der Waals surface area contributed by atoms with Crippen LogP contribution in [0.2, 0.25) is 0 Å². The lowest BCUT2D eigenvalue weighted by Gasteiger charge is -2.29. The number of rotatable bonds is 7. The molecule has 0 spiro atoms. The van der Waals surface area contributed by atoms with Crippen molar-refractivity contribution in [3.63, 3.8) is 0 Å². The number of hydrogen-bond acceptors (Lipinski definition) is 3. The highest BCUT2D eigenvalue weighted by Crippen LogP contribution is 2.33. The second-order valence-electron chi connectivity index (χ2n) is 4.50. The molecule has 0 saturated carbocycles. The summed E-state index contributed by atoms with van der Waals surface area (Å²) in [5.74, 6) is -0.532. The molecule has 19 heavy (non-hydrogen) atoms. The molecule has 0 radical (unpaired) electrons. The van der Waals surface area contributed by atoms with E-state index < -0.39 is 10.7 Å². The minimum Gasteiger partial charge on any atom is -0.486 e. The second-order valence-corrected chi connectivity index (χ2v) is 5.06. The molecule has 4 nitrogen and oxygen atoms in total. The average Bonchev–Trinajstić information content (AvgIpc) is 2.42. The molecule has 106 valence electrons. The van der Waals surface area contributed by atoms with Crippen molar-refractivity contribution in [1.29, 1.82) is 0 Å². The predicted molar refractivity (Wildman–Crippen MR) is 75.4 cm³/mol. The molecule has 0 aliphatic rings. The molecule has 0 saturated heterocycles. The number of nitro groups is 1. The quantitative estimate of drug-likeness (QED) is 0.424. The summed E-state index contributed by atoms with van der Waals surface area (Å²) in [5, 5.41) is 11.6. The first kappa shape index (κ1) is 15.9. The Morgan fingerprint density at radius 3 is 2.53 bits per heavy atom. The summed E-state index contributed by atoms with van der Waals surface area (Å²) in [5.41, 5.74) is -0.405. The van der Waals surface area contributed by atoms with Crippen LogP contribution >= 0.6 is 15.9 Å². The van der Waals surface area contributed by atoms with Gasteiger partial charge in [-0.2, -0.15) is 0 Å². The normalized spacial score (nSPS) is 11.4. The molecule has 0 unspecified atom stereocenters. The molecule has 0 bridgehead atoms. The molecule has 6 heteroatoms. The van der Waals surface area contributed by atoms with Crippen molar-refractivity contribution in [3.05, 3.63) is 34.1 Å². The number of benzene rings is 1.